The molecule has 0 amide bonds. The van der Waals surface area contributed by atoms with Gasteiger partial charge in [-0.25, -0.2) is 8.42 Å². The molecule has 0 radical (unpaired) electrons. The summed E-state index contributed by atoms with van der Waals surface area (Å²) in [7, 11) is -2.35. The summed E-state index contributed by atoms with van der Waals surface area (Å²) in [6.45, 7) is 5.60. The summed E-state index contributed by atoms with van der Waals surface area (Å²) in [5.74, 6) is -0.809. The smallest absolute Gasteiger partial charge is 0.188 e. The van der Waals surface area contributed by atoms with Gasteiger partial charge in [0.1, 0.15) is 5.25 Å². The maximum absolute atomic E-state index is 13.1. The first-order valence-electron chi connectivity index (χ1n) is 7.67. The Labute approximate surface area is 137 Å². The average molecular weight is 340 g/mol. The van der Waals surface area contributed by atoms with E-state index in [4.69, 9.17) is 9.47 Å². The highest BCUT2D eigenvalue weighted by Gasteiger charge is 2.49. The van der Waals surface area contributed by atoms with Crippen molar-refractivity contribution >= 4 is 15.6 Å². The number of benzene rings is 1. The first-order chi connectivity index (χ1) is 10.7. The second-order valence-corrected chi connectivity index (χ2v) is 8.89. The zero-order chi connectivity index (χ0) is 17.3. The number of carbonyl (C=O) groups is 1. The molecule has 0 unspecified atom stereocenters. The standard InChI is InChI=1S/C17H24O5S/c1-17(2,3)15(18)14(13-10-11-22-16(13)21-4)23(19,20)12-8-6-5-7-9-12/h5-9,13-14,16H,10-11H2,1-4H3/t13-,14+,16+/m0/s1. The Morgan fingerprint density at radius 2 is 1.87 bits per heavy atom. The number of ether oxygens (including phenoxy) is 2. The normalized spacial score (nSPS) is 23.7. The van der Waals surface area contributed by atoms with Crippen LogP contribution in [0.15, 0.2) is 35.2 Å². The average Bonchev–Trinajstić information content (AvgIpc) is 2.95. The largest absolute Gasteiger partial charge is 0.356 e. The highest BCUT2D eigenvalue weighted by molar-refractivity contribution is 7.92. The predicted molar refractivity (Wildman–Crippen MR) is 86.7 cm³/mol. The number of rotatable bonds is 5. The van der Waals surface area contributed by atoms with Crippen LogP contribution in [-0.2, 0) is 24.1 Å². The molecule has 0 N–H and O–H groups in total. The van der Waals surface area contributed by atoms with Crippen molar-refractivity contribution in [1.82, 2.24) is 0 Å². The monoisotopic (exact) mass is 340 g/mol. The molecule has 0 saturated carbocycles. The lowest BCUT2D eigenvalue weighted by molar-refractivity contribution is -0.134. The van der Waals surface area contributed by atoms with Crippen LogP contribution in [0.1, 0.15) is 27.2 Å². The number of hydrogen-bond acceptors (Lipinski definition) is 5. The zero-order valence-corrected chi connectivity index (χ0v) is 14.8. The van der Waals surface area contributed by atoms with Crippen LogP contribution in [0.3, 0.4) is 0 Å². The SMILES string of the molecule is CO[C@@H]1OCC[C@H]1[C@H](C(=O)C(C)(C)C)S(=O)(=O)c1ccccc1. The minimum atomic E-state index is -3.82. The Kier molecular flexibility index (Phi) is 5.28. The zero-order valence-electron chi connectivity index (χ0n) is 14.0. The van der Waals surface area contributed by atoms with Gasteiger partial charge >= 0.3 is 0 Å². The summed E-state index contributed by atoms with van der Waals surface area (Å²) in [6, 6.07) is 8.11. The van der Waals surface area contributed by atoms with Gasteiger partial charge in [0.05, 0.1) is 11.5 Å². The van der Waals surface area contributed by atoms with Crippen molar-refractivity contribution in [2.24, 2.45) is 11.3 Å². The highest BCUT2D eigenvalue weighted by atomic mass is 32.2. The first-order valence-corrected chi connectivity index (χ1v) is 9.22. The van der Waals surface area contributed by atoms with E-state index in [9.17, 15) is 13.2 Å². The summed E-state index contributed by atoms with van der Waals surface area (Å²) in [5, 5.41) is -1.17. The van der Waals surface area contributed by atoms with Crippen LogP contribution in [0.2, 0.25) is 0 Å². The van der Waals surface area contributed by atoms with E-state index in [1.165, 1.54) is 19.2 Å². The topological polar surface area (TPSA) is 69.7 Å². The Morgan fingerprint density at radius 3 is 2.39 bits per heavy atom. The fourth-order valence-corrected chi connectivity index (χ4v) is 5.06. The summed E-state index contributed by atoms with van der Waals surface area (Å²) in [5.41, 5.74) is -0.770. The highest BCUT2D eigenvalue weighted by Crippen LogP contribution is 2.36. The number of Topliss-reactive ketones (excluding diaryl/α,β-unsaturated/α-hetero) is 1. The fraction of sp³-hybridized carbons (Fsp3) is 0.588. The van der Waals surface area contributed by atoms with Crippen molar-refractivity contribution in [1.29, 1.82) is 0 Å². The van der Waals surface area contributed by atoms with Gasteiger partial charge in [0, 0.05) is 18.4 Å². The molecule has 1 fully saturated rings. The second kappa shape index (κ2) is 6.71. The van der Waals surface area contributed by atoms with Crippen LogP contribution in [0.5, 0.6) is 0 Å². The van der Waals surface area contributed by atoms with Gasteiger partial charge in [0.25, 0.3) is 0 Å². The molecule has 5 nitrogen and oxygen atoms in total. The van der Waals surface area contributed by atoms with Gasteiger partial charge in [-0.2, -0.15) is 0 Å². The number of methoxy groups -OCH3 is 1. The molecule has 3 atom stereocenters. The molecule has 23 heavy (non-hydrogen) atoms. The molecule has 1 heterocycles. The molecule has 0 spiro atoms. The van der Waals surface area contributed by atoms with E-state index in [0.717, 1.165) is 0 Å². The minimum Gasteiger partial charge on any atom is -0.356 e. The molecule has 1 aliphatic rings. The molecule has 1 aromatic carbocycles. The van der Waals surface area contributed by atoms with Gasteiger partial charge in [0.15, 0.2) is 21.9 Å². The van der Waals surface area contributed by atoms with Crippen LogP contribution in [0.25, 0.3) is 0 Å². The summed E-state index contributed by atoms with van der Waals surface area (Å²) >= 11 is 0. The van der Waals surface area contributed by atoms with E-state index in [2.05, 4.69) is 0 Å². The van der Waals surface area contributed by atoms with Gasteiger partial charge in [-0.1, -0.05) is 39.0 Å². The summed E-state index contributed by atoms with van der Waals surface area (Å²) in [6.07, 6.45) is -0.193. The van der Waals surface area contributed by atoms with E-state index >= 15 is 0 Å². The van der Waals surface area contributed by atoms with Gasteiger partial charge in [-0.05, 0) is 18.6 Å². The third-order valence-corrected chi connectivity index (χ3v) is 6.27. The van der Waals surface area contributed by atoms with Crippen LogP contribution >= 0.6 is 0 Å². The Morgan fingerprint density at radius 1 is 1.26 bits per heavy atom. The third-order valence-electron chi connectivity index (χ3n) is 4.11. The molecule has 6 heteroatoms. The molecular formula is C17H24O5S. The number of carbonyl (C=O) groups excluding carboxylic acids is 1. The van der Waals surface area contributed by atoms with Crippen molar-refractivity contribution in [3.05, 3.63) is 30.3 Å². The molecule has 1 aromatic rings. The molecule has 0 bridgehead atoms. The number of ketones is 1. The number of sulfone groups is 1. The number of hydrogen-bond donors (Lipinski definition) is 0. The molecule has 0 aromatic heterocycles. The van der Waals surface area contributed by atoms with E-state index < -0.39 is 32.7 Å². The van der Waals surface area contributed by atoms with E-state index in [1.807, 2.05) is 0 Å². The van der Waals surface area contributed by atoms with Crippen LogP contribution in [0, 0.1) is 11.3 Å². The lowest BCUT2D eigenvalue weighted by Gasteiger charge is -2.30. The molecule has 2 rings (SSSR count). The van der Waals surface area contributed by atoms with Crippen molar-refractivity contribution < 1.29 is 22.7 Å². The Hall–Kier alpha value is -1.24. The Balaban J connectivity index is 2.52. The molecule has 128 valence electrons. The maximum atomic E-state index is 13.1. The molecule has 0 aliphatic carbocycles. The van der Waals surface area contributed by atoms with Gasteiger partial charge in [-0.15, -0.1) is 0 Å². The first kappa shape index (κ1) is 18.1. The summed E-state index contributed by atoms with van der Waals surface area (Å²) < 4.78 is 37.0. The third kappa shape index (κ3) is 3.65. The molecule has 1 aliphatic heterocycles. The minimum absolute atomic E-state index is 0.157. The van der Waals surface area contributed by atoms with Crippen molar-refractivity contribution in [3.8, 4) is 0 Å². The van der Waals surface area contributed by atoms with Crippen LogP contribution in [0.4, 0.5) is 0 Å². The fourth-order valence-electron chi connectivity index (χ4n) is 2.87. The van der Waals surface area contributed by atoms with E-state index in [0.29, 0.717) is 13.0 Å². The van der Waals surface area contributed by atoms with E-state index in [-0.39, 0.29) is 10.7 Å². The lowest BCUT2D eigenvalue weighted by atomic mass is 9.84. The molecular weight excluding hydrogens is 316 g/mol. The quantitative estimate of drug-likeness (QED) is 0.823. The van der Waals surface area contributed by atoms with Crippen molar-refractivity contribution in [3.63, 3.8) is 0 Å². The van der Waals surface area contributed by atoms with Gasteiger partial charge in [-0.3, -0.25) is 4.79 Å². The van der Waals surface area contributed by atoms with Crippen molar-refractivity contribution in [2.45, 2.75) is 43.6 Å². The maximum Gasteiger partial charge on any atom is 0.188 e. The van der Waals surface area contributed by atoms with Gasteiger partial charge < -0.3 is 9.47 Å². The summed E-state index contributed by atoms with van der Waals surface area (Å²) in [4.78, 5) is 13.1. The lowest BCUT2D eigenvalue weighted by Crippen LogP contribution is -2.46. The van der Waals surface area contributed by atoms with Crippen LogP contribution in [-0.4, -0.2) is 39.5 Å². The second-order valence-electron chi connectivity index (χ2n) is 6.82. The predicted octanol–water partition coefficient (Wildman–Crippen LogP) is 2.45. The Bertz CT molecular complexity index is 645. The molecule has 1 saturated heterocycles. The van der Waals surface area contributed by atoms with Gasteiger partial charge in [0.2, 0.25) is 0 Å². The van der Waals surface area contributed by atoms with Crippen molar-refractivity contribution in [2.75, 3.05) is 13.7 Å². The van der Waals surface area contributed by atoms with Crippen LogP contribution < -0.4 is 0 Å². The van der Waals surface area contributed by atoms with E-state index in [1.54, 1.807) is 39.0 Å².